The first-order valence-electron chi connectivity index (χ1n) is 7.16. The van der Waals surface area contributed by atoms with Crippen LogP contribution >= 0.6 is 35.3 Å². The fraction of sp³-hybridized carbons (Fsp3) is 0.333. The van der Waals surface area contributed by atoms with Crippen LogP contribution in [0.15, 0.2) is 40.8 Å². The van der Waals surface area contributed by atoms with Gasteiger partial charge in [-0.25, -0.2) is 14.4 Å². The van der Waals surface area contributed by atoms with E-state index in [-0.39, 0.29) is 29.8 Å². The molecule has 1 aliphatic heterocycles. The molecule has 0 saturated carbocycles. The number of halogens is 2. The highest BCUT2D eigenvalue weighted by Gasteiger charge is 2.18. The van der Waals surface area contributed by atoms with Crippen LogP contribution in [0.2, 0.25) is 0 Å². The lowest BCUT2D eigenvalue weighted by atomic mass is 10.2. The summed E-state index contributed by atoms with van der Waals surface area (Å²) in [5.41, 5.74) is 7.09. The van der Waals surface area contributed by atoms with Crippen molar-refractivity contribution in [3.05, 3.63) is 46.7 Å². The minimum Gasteiger partial charge on any atom is -0.370 e. The van der Waals surface area contributed by atoms with Crippen molar-refractivity contribution < 1.29 is 4.39 Å². The van der Waals surface area contributed by atoms with Crippen LogP contribution in [0.4, 0.5) is 10.1 Å². The smallest absolute Gasteiger partial charge is 0.191 e. The molecule has 124 valence electrons. The summed E-state index contributed by atoms with van der Waals surface area (Å²) in [6.45, 7) is 3.84. The van der Waals surface area contributed by atoms with Crippen molar-refractivity contribution in [2.45, 2.75) is 6.54 Å². The van der Waals surface area contributed by atoms with Crippen molar-refractivity contribution in [1.82, 2.24) is 9.88 Å². The van der Waals surface area contributed by atoms with Crippen LogP contribution in [0.5, 0.6) is 0 Å². The Morgan fingerprint density at radius 1 is 1.22 bits per heavy atom. The number of aromatic nitrogens is 1. The van der Waals surface area contributed by atoms with Gasteiger partial charge in [0.25, 0.3) is 0 Å². The molecule has 8 heteroatoms. The van der Waals surface area contributed by atoms with E-state index >= 15 is 0 Å². The van der Waals surface area contributed by atoms with E-state index < -0.39 is 0 Å². The monoisotopic (exact) mass is 447 g/mol. The first-order valence-corrected chi connectivity index (χ1v) is 8.04. The fourth-order valence-electron chi connectivity index (χ4n) is 2.43. The summed E-state index contributed by atoms with van der Waals surface area (Å²) >= 11 is 1.58. The Morgan fingerprint density at radius 3 is 2.52 bits per heavy atom. The number of piperazine rings is 1. The van der Waals surface area contributed by atoms with Gasteiger partial charge in [0.2, 0.25) is 0 Å². The van der Waals surface area contributed by atoms with Crippen molar-refractivity contribution in [2.75, 3.05) is 31.1 Å². The third kappa shape index (κ3) is 4.77. The van der Waals surface area contributed by atoms with Crippen LogP contribution in [0.1, 0.15) is 5.01 Å². The van der Waals surface area contributed by atoms with E-state index in [1.165, 1.54) is 12.1 Å². The van der Waals surface area contributed by atoms with E-state index in [0.29, 0.717) is 12.5 Å². The van der Waals surface area contributed by atoms with Crippen LogP contribution in [0.3, 0.4) is 0 Å². The van der Waals surface area contributed by atoms with Gasteiger partial charge in [0, 0.05) is 43.4 Å². The largest absolute Gasteiger partial charge is 0.370 e. The van der Waals surface area contributed by atoms with Gasteiger partial charge in [-0.3, -0.25) is 0 Å². The maximum Gasteiger partial charge on any atom is 0.191 e. The van der Waals surface area contributed by atoms with Crippen LogP contribution in [-0.2, 0) is 6.54 Å². The highest BCUT2D eigenvalue weighted by molar-refractivity contribution is 14.0. The number of nitrogens with two attached hydrogens (primary N) is 1. The average molecular weight is 447 g/mol. The second-order valence-electron chi connectivity index (χ2n) is 5.05. The maximum atomic E-state index is 13.0. The molecule has 1 aromatic carbocycles. The lowest BCUT2D eigenvalue weighted by Gasteiger charge is -2.36. The predicted molar refractivity (Wildman–Crippen MR) is 103 cm³/mol. The van der Waals surface area contributed by atoms with E-state index in [1.54, 1.807) is 17.5 Å². The summed E-state index contributed by atoms with van der Waals surface area (Å²) < 4.78 is 13.0. The number of anilines is 1. The van der Waals surface area contributed by atoms with Crippen LogP contribution in [0, 0.1) is 5.82 Å². The molecule has 23 heavy (non-hydrogen) atoms. The lowest BCUT2D eigenvalue weighted by Crippen LogP contribution is -2.51. The summed E-state index contributed by atoms with van der Waals surface area (Å²) in [5, 5.41) is 2.90. The van der Waals surface area contributed by atoms with Gasteiger partial charge in [0.1, 0.15) is 10.8 Å². The second kappa shape index (κ2) is 8.44. The van der Waals surface area contributed by atoms with Crippen LogP contribution in [-0.4, -0.2) is 42.0 Å². The Balaban J connectivity index is 0.00000192. The number of thiazole rings is 1. The summed E-state index contributed by atoms with van der Waals surface area (Å²) in [5.74, 6) is 0.356. The zero-order valence-electron chi connectivity index (χ0n) is 12.6. The maximum absolute atomic E-state index is 13.0. The molecule has 0 bridgehead atoms. The minimum atomic E-state index is -0.207. The molecular formula is C15H19FIN5S. The lowest BCUT2D eigenvalue weighted by molar-refractivity contribution is 0.380. The van der Waals surface area contributed by atoms with Crippen molar-refractivity contribution in [2.24, 2.45) is 10.7 Å². The third-order valence-electron chi connectivity index (χ3n) is 3.66. The molecule has 1 saturated heterocycles. The quantitative estimate of drug-likeness (QED) is 0.447. The molecule has 2 heterocycles. The standard InChI is InChI=1S/C15H18FN5S.HI/c16-12-1-3-13(4-2-12)20-6-8-21(9-7-20)15(17)19-11-14-18-5-10-22-14;/h1-5,10H,6-9,11H2,(H2,17,19);1H. The van der Waals surface area contributed by atoms with Crippen molar-refractivity contribution >= 4 is 47.0 Å². The highest BCUT2D eigenvalue weighted by Crippen LogP contribution is 2.17. The van der Waals surface area contributed by atoms with Gasteiger partial charge >= 0.3 is 0 Å². The van der Waals surface area contributed by atoms with Gasteiger partial charge < -0.3 is 15.5 Å². The summed E-state index contributed by atoms with van der Waals surface area (Å²) in [6, 6.07) is 6.60. The molecule has 2 aromatic rings. The zero-order chi connectivity index (χ0) is 15.4. The van der Waals surface area contributed by atoms with Gasteiger partial charge in [-0.2, -0.15) is 0 Å². The molecule has 0 unspecified atom stereocenters. The van der Waals surface area contributed by atoms with Gasteiger partial charge in [-0.05, 0) is 24.3 Å². The van der Waals surface area contributed by atoms with E-state index in [0.717, 1.165) is 36.9 Å². The van der Waals surface area contributed by atoms with Crippen LogP contribution < -0.4 is 10.6 Å². The van der Waals surface area contributed by atoms with Gasteiger partial charge in [-0.1, -0.05) is 0 Å². The molecule has 0 amide bonds. The Hall–Kier alpha value is -1.42. The fourth-order valence-corrected chi connectivity index (χ4v) is 2.96. The molecule has 1 aromatic heterocycles. The highest BCUT2D eigenvalue weighted by atomic mass is 127. The normalized spacial score (nSPS) is 15.4. The molecule has 3 rings (SSSR count). The number of hydrogen-bond acceptors (Lipinski definition) is 4. The number of rotatable bonds is 3. The van der Waals surface area contributed by atoms with Crippen molar-refractivity contribution in [3.63, 3.8) is 0 Å². The second-order valence-corrected chi connectivity index (χ2v) is 6.03. The summed E-state index contributed by atoms with van der Waals surface area (Å²) in [6.07, 6.45) is 1.77. The van der Waals surface area contributed by atoms with E-state index in [1.807, 2.05) is 17.5 Å². The molecule has 0 aliphatic carbocycles. The third-order valence-corrected chi connectivity index (χ3v) is 4.42. The predicted octanol–water partition coefficient (Wildman–Crippen LogP) is 2.54. The molecule has 1 aliphatic rings. The number of guanidine groups is 1. The summed E-state index contributed by atoms with van der Waals surface area (Å²) in [7, 11) is 0. The SMILES string of the molecule is I.NC(=NCc1nccs1)N1CCN(c2ccc(F)cc2)CC1. The van der Waals surface area contributed by atoms with Gasteiger partial charge in [0.05, 0.1) is 6.54 Å². The Labute approximate surface area is 156 Å². The topological polar surface area (TPSA) is 57.8 Å². The molecule has 5 nitrogen and oxygen atoms in total. The molecular weight excluding hydrogens is 428 g/mol. The molecule has 1 fully saturated rings. The average Bonchev–Trinajstić information content (AvgIpc) is 3.07. The number of benzene rings is 1. The molecule has 2 N–H and O–H groups in total. The van der Waals surface area contributed by atoms with E-state index in [4.69, 9.17) is 5.73 Å². The zero-order valence-corrected chi connectivity index (χ0v) is 15.7. The first kappa shape index (κ1) is 17.9. The minimum absolute atomic E-state index is 0. The van der Waals surface area contributed by atoms with Crippen molar-refractivity contribution in [1.29, 1.82) is 0 Å². The van der Waals surface area contributed by atoms with Crippen LogP contribution in [0.25, 0.3) is 0 Å². The number of hydrogen-bond donors (Lipinski definition) is 1. The van der Waals surface area contributed by atoms with Gasteiger partial charge in [0.15, 0.2) is 5.96 Å². The summed E-state index contributed by atoms with van der Waals surface area (Å²) in [4.78, 5) is 12.9. The molecule has 0 atom stereocenters. The molecule has 0 radical (unpaired) electrons. The Morgan fingerprint density at radius 2 is 1.91 bits per heavy atom. The van der Waals surface area contributed by atoms with Crippen molar-refractivity contribution in [3.8, 4) is 0 Å². The Kier molecular flexibility index (Phi) is 6.58. The number of aliphatic imine (C=N–C) groups is 1. The first-order chi connectivity index (χ1) is 10.7. The Bertz CT molecular complexity index is 624. The van der Waals surface area contributed by atoms with E-state index in [9.17, 15) is 4.39 Å². The van der Waals surface area contributed by atoms with E-state index in [2.05, 4.69) is 19.8 Å². The van der Waals surface area contributed by atoms with Gasteiger partial charge in [-0.15, -0.1) is 35.3 Å². The number of nitrogens with zero attached hydrogens (tertiary/aromatic N) is 4. The molecule has 0 spiro atoms.